The number of benzene rings is 1. The first kappa shape index (κ1) is 16.7. The van der Waals surface area contributed by atoms with E-state index in [1.807, 2.05) is 39.8 Å². The largest absolute Gasteiger partial charge is 0.242 e. The second-order valence-electron chi connectivity index (χ2n) is 4.88. The summed E-state index contributed by atoms with van der Waals surface area (Å²) in [5.74, 6) is 0. The fourth-order valence-corrected chi connectivity index (χ4v) is 4.94. The number of aryl methyl sites for hydroxylation is 1. The number of halogens is 1. The Hall–Kier alpha value is -0.390. The summed E-state index contributed by atoms with van der Waals surface area (Å²) in [6.45, 7) is 7.97. The van der Waals surface area contributed by atoms with Crippen molar-refractivity contribution in [2.75, 3.05) is 0 Å². The van der Waals surface area contributed by atoms with Gasteiger partial charge in [0.2, 0.25) is 10.0 Å². The predicted octanol–water partition coefficient (Wildman–Crippen LogP) is 4.00. The van der Waals surface area contributed by atoms with Gasteiger partial charge in [0.05, 0.1) is 4.90 Å². The third kappa shape index (κ3) is 3.80. The summed E-state index contributed by atoms with van der Waals surface area (Å²) >= 11 is 3.34. The minimum absolute atomic E-state index is 0.304. The molecule has 0 bridgehead atoms. The molecule has 108 valence electrons. The molecule has 0 spiro atoms. The fraction of sp³-hybridized carbons (Fsp3) is 0.571. The summed E-state index contributed by atoms with van der Waals surface area (Å²) < 4.78 is 28.5. The molecule has 0 heterocycles. The van der Waals surface area contributed by atoms with Crippen LogP contribution in [0.3, 0.4) is 0 Å². The van der Waals surface area contributed by atoms with Gasteiger partial charge in [-0.05, 0) is 59.8 Å². The van der Waals surface area contributed by atoms with Gasteiger partial charge < -0.3 is 0 Å². The summed E-state index contributed by atoms with van der Waals surface area (Å²) in [6, 6.07) is 5.28. The molecule has 0 atom stereocenters. The predicted molar refractivity (Wildman–Crippen MR) is 82.8 cm³/mol. The lowest BCUT2D eigenvalue weighted by atomic mass is 9.91. The highest BCUT2D eigenvalue weighted by Crippen LogP contribution is 2.27. The molecule has 19 heavy (non-hydrogen) atoms. The van der Waals surface area contributed by atoms with Gasteiger partial charge in [0.15, 0.2) is 0 Å². The van der Waals surface area contributed by atoms with E-state index in [9.17, 15) is 8.42 Å². The van der Waals surface area contributed by atoms with E-state index in [2.05, 4.69) is 20.7 Å². The molecule has 3 nitrogen and oxygen atoms in total. The molecule has 0 aliphatic rings. The lowest BCUT2D eigenvalue weighted by Crippen LogP contribution is -2.47. The minimum atomic E-state index is -3.50. The molecule has 0 aliphatic heterocycles. The van der Waals surface area contributed by atoms with Crippen molar-refractivity contribution in [1.29, 1.82) is 0 Å². The molecule has 0 saturated carbocycles. The van der Waals surface area contributed by atoms with Gasteiger partial charge in [-0.1, -0.05) is 26.8 Å². The normalized spacial score (nSPS) is 12.7. The van der Waals surface area contributed by atoms with Crippen molar-refractivity contribution in [3.8, 4) is 0 Å². The maximum absolute atomic E-state index is 12.5. The molecule has 1 aromatic rings. The van der Waals surface area contributed by atoms with Crippen LogP contribution in [-0.2, 0) is 10.0 Å². The summed E-state index contributed by atoms with van der Waals surface area (Å²) in [4.78, 5) is 0.304. The Morgan fingerprint density at radius 2 is 1.68 bits per heavy atom. The van der Waals surface area contributed by atoms with Crippen LogP contribution in [0.5, 0.6) is 0 Å². The highest BCUT2D eigenvalue weighted by molar-refractivity contribution is 9.10. The zero-order valence-electron chi connectivity index (χ0n) is 12.0. The third-order valence-corrected chi connectivity index (χ3v) is 6.31. The molecule has 0 aromatic heterocycles. The lowest BCUT2D eigenvalue weighted by molar-refractivity contribution is 0.341. The minimum Gasteiger partial charge on any atom is -0.207 e. The van der Waals surface area contributed by atoms with Gasteiger partial charge in [0.1, 0.15) is 0 Å². The first-order chi connectivity index (χ1) is 8.80. The summed E-state index contributed by atoms with van der Waals surface area (Å²) in [7, 11) is -3.50. The Morgan fingerprint density at radius 3 is 2.11 bits per heavy atom. The number of nitrogens with one attached hydrogen (secondary N) is 1. The number of rotatable bonds is 6. The monoisotopic (exact) mass is 347 g/mol. The quantitative estimate of drug-likeness (QED) is 0.844. The van der Waals surface area contributed by atoms with Gasteiger partial charge in [-0.25, -0.2) is 13.1 Å². The van der Waals surface area contributed by atoms with Crippen molar-refractivity contribution >= 4 is 26.0 Å². The molecule has 1 aromatic carbocycles. The topological polar surface area (TPSA) is 46.2 Å². The van der Waals surface area contributed by atoms with Crippen molar-refractivity contribution in [1.82, 2.24) is 4.72 Å². The van der Waals surface area contributed by atoms with E-state index in [1.165, 1.54) is 0 Å². The van der Waals surface area contributed by atoms with Crippen LogP contribution in [0, 0.1) is 6.92 Å². The second kappa shape index (κ2) is 6.37. The highest BCUT2D eigenvalue weighted by atomic mass is 79.9. The smallest absolute Gasteiger partial charge is 0.207 e. The molecule has 1 rings (SSSR count). The van der Waals surface area contributed by atoms with Gasteiger partial charge in [-0.2, -0.15) is 0 Å². The molecule has 0 amide bonds. The Morgan fingerprint density at radius 1 is 1.16 bits per heavy atom. The number of hydrogen-bond donors (Lipinski definition) is 1. The van der Waals surface area contributed by atoms with Gasteiger partial charge in [0.25, 0.3) is 0 Å². The van der Waals surface area contributed by atoms with Crippen LogP contribution >= 0.6 is 15.9 Å². The van der Waals surface area contributed by atoms with Gasteiger partial charge in [0, 0.05) is 10.0 Å². The van der Waals surface area contributed by atoms with Crippen molar-refractivity contribution < 1.29 is 8.42 Å². The standard InChI is InChI=1S/C14H22BrNO2S/c1-5-14(6-2,7-3)16-19(17,18)13-9-8-11(4)10-12(13)15/h8-10,16H,5-7H2,1-4H3. The van der Waals surface area contributed by atoms with Gasteiger partial charge >= 0.3 is 0 Å². The first-order valence-corrected chi connectivity index (χ1v) is 8.88. The SMILES string of the molecule is CCC(CC)(CC)NS(=O)(=O)c1ccc(C)cc1Br. The van der Waals surface area contributed by atoms with E-state index in [1.54, 1.807) is 6.07 Å². The third-order valence-electron chi connectivity index (χ3n) is 3.76. The zero-order valence-corrected chi connectivity index (χ0v) is 14.4. The second-order valence-corrected chi connectivity index (χ2v) is 7.39. The average molecular weight is 348 g/mol. The molecule has 0 unspecified atom stereocenters. The fourth-order valence-electron chi connectivity index (χ4n) is 2.13. The molecular weight excluding hydrogens is 326 g/mol. The number of hydrogen-bond acceptors (Lipinski definition) is 2. The molecule has 0 aliphatic carbocycles. The van der Waals surface area contributed by atoms with Gasteiger partial charge in [-0.3, -0.25) is 0 Å². The Kier molecular flexibility index (Phi) is 5.59. The van der Waals surface area contributed by atoms with E-state index in [-0.39, 0.29) is 5.54 Å². The van der Waals surface area contributed by atoms with E-state index < -0.39 is 10.0 Å². The Labute approximate surface area is 125 Å². The molecule has 0 fully saturated rings. The molecular formula is C14H22BrNO2S. The van der Waals surface area contributed by atoms with Crippen LogP contribution in [0.4, 0.5) is 0 Å². The first-order valence-electron chi connectivity index (χ1n) is 6.60. The summed E-state index contributed by atoms with van der Waals surface area (Å²) in [5, 5.41) is 0. The van der Waals surface area contributed by atoms with Crippen LogP contribution in [0.25, 0.3) is 0 Å². The van der Waals surface area contributed by atoms with Crippen LogP contribution in [0.2, 0.25) is 0 Å². The van der Waals surface area contributed by atoms with Crippen LogP contribution in [0.15, 0.2) is 27.6 Å². The lowest BCUT2D eigenvalue weighted by Gasteiger charge is -2.31. The zero-order chi connectivity index (χ0) is 14.7. The van der Waals surface area contributed by atoms with E-state index in [0.717, 1.165) is 24.8 Å². The van der Waals surface area contributed by atoms with Crippen LogP contribution < -0.4 is 4.72 Å². The Balaban J connectivity index is 3.17. The Bertz CT molecular complexity index is 528. The van der Waals surface area contributed by atoms with E-state index in [4.69, 9.17) is 0 Å². The van der Waals surface area contributed by atoms with E-state index >= 15 is 0 Å². The van der Waals surface area contributed by atoms with Crippen molar-refractivity contribution in [2.24, 2.45) is 0 Å². The van der Waals surface area contributed by atoms with Crippen molar-refractivity contribution in [3.63, 3.8) is 0 Å². The van der Waals surface area contributed by atoms with Crippen LogP contribution in [-0.4, -0.2) is 14.0 Å². The summed E-state index contributed by atoms with van der Waals surface area (Å²) in [6.07, 6.45) is 2.34. The maximum atomic E-state index is 12.5. The molecule has 0 radical (unpaired) electrons. The average Bonchev–Trinajstić information content (AvgIpc) is 2.35. The molecule has 5 heteroatoms. The van der Waals surface area contributed by atoms with E-state index in [0.29, 0.717) is 9.37 Å². The molecule has 1 N–H and O–H groups in total. The number of sulfonamides is 1. The maximum Gasteiger partial charge on any atom is 0.242 e. The van der Waals surface area contributed by atoms with Crippen molar-refractivity contribution in [3.05, 3.63) is 28.2 Å². The van der Waals surface area contributed by atoms with Gasteiger partial charge in [-0.15, -0.1) is 0 Å². The highest BCUT2D eigenvalue weighted by Gasteiger charge is 2.31. The van der Waals surface area contributed by atoms with Crippen LogP contribution in [0.1, 0.15) is 45.6 Å². The van der Waals surface area contributed by atoms with Crippen molar-refractivity contribution in [2.45, 2.75) is 57.4 Å². The summed E-state index contributed by atoms with van der Waals surface area (Å²) in [5.41, 5.74) is 0.668. The molecule has 0 saturated heterocycles.